The van der Waals surface area contributed by atoms with Crippen LogP contribution in [0.1, 0.15) is 23.6 Å². The number of hydrogen-bond donors (Lipinski definition) is 1. The summed E-state index contributed by atoms with van der Waals surface area (Å²) in [6.45, 7) is 0. The van der Waals surface area contributed by atoms with Crippen LogP contribution in [0.4, 0.5) is 4.39 Å². The number of fused-ring (bicyclic) bond motifs is 1. The highest BCUT2D eigenvalue weighted by molar-refractivity contribution is 7.99. The van der Waals surface area contributed by atoms with Gasteiger partial charge in [-0.25, -0.2) is 4.39 Å². The number of carbonyl (C=O) groups is 1. The molecule has 1 aromatic heterocycles. The topological polar surface area (TPSA) is 59.8 Å². The van der Waals surface area contributed by atoms with Crippen molar-refractivity contribution in [1.29, 1.82) is 0 Å². The molecule has 0 aliphatic heterocycles. The number of aromatic nitrogens is 3. The highest BCUT2D eigenvalue weighted by atomic mass is 32.2. The molecule has 7 heteroatoms. The van der Waals surface area contributed by atoms with Crippen molar-refractivity contribution in [3.05, 3.63) is 95.8 Å². The van der Waals surface area contributed by atoms with E-state index in [1.54, 1.807) is 22.8 Å². The molecule has 32 heavy (non-hydrogen) atoms. The molecule has 4 aromatic rings. The summed E-state index contributed by atoms with van der Waals surface area (Å²) in [5.74, 6) is 0.168. The largest absolute Gasteiger partial charge is 0.349 e. The minimum absolute atomic E-state index is 0.0419. The van der Waals surface area contributed by atoms with Gasteiger partial charge in [-0.2, -0.15) is 0 Å². The van der Waals surface area contributed by atoms with Crippen molar-refractivity contribution in [2.24, 2.45) is 0 Å². The lowest BCUT2D eigenvalue weighted by Gasteiger charge is -2.14. The number of carbonyl (C=O) groups excluding carboxylic acids is 1. The molecule has 0 radical (unpaired) electrons. The zero-order chi connectivity index (χ0) is 21.9. The predicted octanol–water partition coefficient (Wildman–Crippen LogP) is 4.97. The molecule has 5 nitrogen and oxygen atoms in total. The molecule has 1 heterocycles. The fraction of sp³-hybridized carbons (Fsp3) is 0.160. The number of rotatable bonds is 6. The minimum Gasteiger partial charge on any atom is -0.349 e. The number of aryl methyl sites for hydroxylation is 1. The summed E-state index contributed by atoms with van der Waals surface area (Å²) < 4.78 is 16.3. The van der Waals surface area contributed by atoms with Crippen molar-refractivity contribution in [3.8, 4) is 17.1 Å². The lowest BCUT2D eigenvalue weighted by atomic mass is 10.1. The third-order valence-corrected chi connectivity index (χ3v) is 6.49. The van der Waals surface area contributed by atoms with Crippen molar-refractivity contribution in [3.63, 3.8) is 0 Å². The molecular weight excluding hydrogens is 423 g/mol. The van der Waals surface area contributed by atoms with Crippen molar-refractivity contribution < 1.29 is 9.18 Å². The van der Waals surface area contributed by atoms with Crippen molar-refractivity contribution in [2.75, 3.05) is 5.75 Å². The van der Waals surface area contributed by atoms with Crippen LogP contribution in [0.2, 0.25) is 0 Å². The minimum atomic E-state index is -0.369. The molecule has 1 N–H and O–H groups in total. The van der Waals surface area contributed by atoms with Crippen LogP contribution in [0, 0.1) is 5.82 Å². The standard InChI is InChI=1S/C25H21FN4OS/c26-21-13-7-6-12-20(21)24-28-29-25(30(24)18-9-2-1-3-10-18)32-16-23(31)27-22-15-14-17-8-4-5-11-19(17)22/h1-13,22H,14-16H2,(H,27,31). The van der Waals surface area contributed by atoms with E-state index in [4.69, 9.17) is 0 Å². The number of hydrogen-bond acceptors (Lipinski definition) is 4. The van der Waals surface area contributed by atoms with E-state index in [0.29, 0.717) is 16.5 Å². The summed E-state index contributed by atoms with van der Waals surface area (Å²) in [6.07, 6.45) is 1.88. The Hall–Kier alpha value is -3.45. The molecule has 0 saturated carbocycles. The number of amides is 1. The SMILES string of the molecule is O=C(CSc1nnc(-c2ccccc2F)n1-c1ccccc1)NC1CCc2ccccc21. The molecule has 160 valence electrons. The smallest absolute Gasteiger partial charge is 0.230 e. The Bertz CT molecular complexity index is 1260. The first-order chi connectivity index (χ1) is 15.7. The molecule has 0 fully saturated rings. The normalized spacial score (nSPS) is 14.8. The maximum absolute atomic E-state index is 14.5. The number of nitrogens with one attached hydrogen (secondary N) is 1. The van der Waals surface area contributed by atoms with E-state index < -0.39 is 0 Å². The van der Waals surface area contributed by atoms with E-state index in [2.05, 4.69) is 27.6 Å². The van der Waals surface area contributed by atoms with Crippen molar-refractivity contribution >= 4 is 17.7 Å². The van der Waals surface area contributed by atoms with Gasteiger partial charge in [-0.3, -0.25) is 9.36 Å². The van der Waals surface area contributed by atoms with Crippen molar-refractivity contribution in [1.82, 2.24) is 20.1 Å². The van der Waals surface area contributed by atoms with Gasteiger partial charge in [-0.1, -0.05) is 66.4 Å². The van der Waals surface area contributed by atoms with Crippen LogP contribution in [0.5, 0.6) is 0 Å². The average Bonchev–Trinajstić information content (AvgIpc) is 3.43. The van der Waals surface area contributed by atoms with Crippen LogP contribution in [-0.4, -0.2) is 26.4 Å². The Labute approximate surface area is 189 Å². The summed E-state index contributed by atoms with van der Waals surface area (Å²) in [6, 6.07) is 24.3. The molecule has 1 atom stereocenters. The summed E-state index contributed by atoms with van der Waals surface area (Å²) in [7, 11) is 0. The summed E-state index contributed by atoms with van der Waals surface area (Å²) in [5, 5.41) is 12.2. The highest BCUT2D eigenvalue weighted by Gasteiger charge is 2.24. The number of benzene rings is 3. The van der Waals surface area contributed by atoms with Crippen LogP contribution in [0.15, 0.2) is 84.0 Å². The highest BCUT2D eigenvalue weighted by Crippen LogP contribution is 2.32. The molecule has 1 aliphatic rings. The van der Waals surface area contributed by atoms with Gasteiger partial charge in [0, 0.05) is 5.69 Å². The van der Waals surface area contributed by atoms with Gasteiger partial charge in [0.25, 0.3) is 0 Å². The van der Waals surface area contributed by atoms with E-state index in [9.17, 15) is 9.18 Å². The molecule has 1 aliphatic carbocycles. The first-order valence-electron chi connectivity index (χ1n) is 10.5. The van der Waals surface area contributed by atoms with E-state index in [1.165, 1.54) is 29.0 Å². The maximum atomic E-state index is 14.5. The maximum Gasteiger partial charge on any atom is 0.230 e. The van der Waals surface area contributed by atoms with Gasteiger partial charge in [0.2, 0.25) is 5.91 Å². The van der Waals surface area contributed by atoms with Gasteiger partial charge in [0.1, 0.15) is 5.82 Å². The molecule has 0 bridgehead atoms. The molecular formula is C25H21FN4OS. The number of halogens is 1. The molecule has 3 aromatic carbocycles. The zero-order valence-corrected chi connectivity index (χ0v) is 18.1. The van der Waals surface area contributed by atoms with Crippen molar-refractivity contribution in [2.45, 2.75) is 24.0 Å². The van der Waals surface area contributed by atoms with Crippen LogP contribution < -0.4 is 5.32 Å². The van der Waals surface area contributed by atoms with E-state index in [-0.39, 0.29) is 23.5 Å². The number of nitrogens with zero attached hydrogens (tertiary/aromatic N) is 3. The Morgan fingerprint density at radius 1 is 1.00 bits per heavy atom. The lowest BCUT2D eigenvalue weighted by molar-refractivity contribution is -0.119. The third-order valence-electron chi connectivity index (χ3n) is 5.56. The molecule has 1 amide bonds. The summed E-state index contributed by atoms with van der Waals surface area (Å²) in [5.41, 5.74) is 3.66. The monoisotopic (exact) mass is 444 g/mol. The molecule has 0 spiro atoms. The second kappa shape index (κ2) is 8.96. The average molecular weight is 445 g/mol. The lowest BCUT2D eigenvalue weighted by Crippen LogP contribution is -2.28. The number of para-hydroxylation sites is 1. The predicted molar refractivity (Wildman–Crippen MR) is 123 cm³/mol. The van der Waals surface area contributed by atoms with Crippen LogP contribution in [0.3, 0.4) is 0 Å². The van der Waals surface area contributed by atoms with Crippen LogP contribution in [-0.2, 0) is 11.2 Å². The second-order valence-corrected chi connectivity index (χ2v) is 8.55. The molecule has 5 rings (SSSR count). The van der Waals surface area contributed by atoms with Crippen LogP contribution >= 0.6 is 11.8 Å². The van der Waals surface area contributed by atoms with Gasteiger partial charge in [0.05, 0.1) is 17.4 Å². The number of thioether (sulfide) groups is 1. The first-order valence-corrected chi connectivity index (χ1v) is 11.4. The summed E-state index contributed by atoms with van der Waals surface area (Å²) >= 11 is 1.29. The van der Waals surface area contributed by atoms with Gasteiger partial charge in [-0.05, 0) is 48.2 Å². The van der Waals surface area contributed by atoms with Gasteiger partial charge in [-0.15, -0.1) is 10.2 Å². The Morgan fingerprint density at radius 3 is 2.59 bits per heavy atom. The Morgan fingerprint density at radius 2 is 1.75 bits per heavy atom. The van der Waals surface area contributed by atoms with E-state index in [0.717, 1.165) is 18.5 Å². The first kappa shape index (κ1) is 20.5. The van der Waals surface area contributed by atoms with Gasteiger partial charge < -0.3 is 5.32 Å². The Kier molecular flexibility index (Phi) is 5.73. The molecule has 1 unspecified atom stereocenters. The molecule has 0 saturated heterocycles. The summed E-state index contributed by atoms with van der Waals surface area (Å²) in [4.78, 5) is 12.7. The van der Waals surface area contributed by atoms with E-state index in [1.807, 2.05) is 42.5 Å². The quantitative estimate of drug-likeness (QED) is 0.427. The van der Waals surface area contributed by atoms with Gasteiger partial charge in [0.15, 0.2) is 11.0 Å². The fourth-order valence-electron chi connectivity index (χ4n) is 4.06. The second-order valence-electron chi connectivity index (χ2n) is 7.60. The fourth-order valence-corrected chi connectivity index (χ4v) is 4.83. The van der Waals surface area contributed by atoms with Gasteiger partial charge >= 0.3 is 0 Å². The Balaban J connectivity index is 1.37. The van der Waals surface area contributed by atoms with Crippen LogP contribution in [0.25, 0.3) is 17.1 Å². The van der Waals surface area contributed by atoms with E-state index >= 15 is 0 Å². The zero-order valence-electron chi connectivity index (χ0n) is 17.2. The third kappa shape index (κ3) is 4.03.